The van der Waals surface area contributed by atoms with Crippen molar-refractivity contribution in [2.75, 3.05) is 18.0 Å². The average Bonchev–Trinajstić information content (AvgIpc) is 3.51. The van der Waals surface area contributed by atoms with Crippen molar-refractivity contribution < 1.29 is 13.2 Å². The van der Waals surface area contributed by atoms with Gasteiger partial charge in [-0.15, -0.1) is 11.3 Å². The summed E-state index contributed by atoms with van der Waals surface area (Å²) in [5, 5.41) is 7.76. The predicted molar refractivity (Wildman–Crippen MR) is 127 cm³/mol. The van der Waals surface area contributed by atoms with Crippen LogP contribution in [0, 0.1) is 11.3 Å². The van der Waals surface area contributed by atoms with Gasteiger partial charge < -0.3 is 4.90 Å². The van der Waals surface area contributed by atoms with Gasteiger partial charge in [0.15, 0.2) is 0 Å². The monoisotopic (exact) mass is 483 g/mol. The van der Waals surface area contributed by atoms with Crippen molar-refractivity contribution >= 4 is 27.4 Å². The Balaban J connectivity index is 1.10. The van der Waals surface area contributed by atoms with Crippen LogP contribution in [0.15, 0.2) is 48.9 Å². The number of aromatic amines is 1. The van der Waals surface area contributed by atoms with Crippen LogP contribution in [0.2, 0.25) is 0 Å². The van der Waals surface area contributed by atoms with Crippen molar-refractivity contribution in [3.8, 4) is 11.3 Å². The van der Waals surface area contributed by atoms with Gasteiger partial charge in [-0.05, 0) is 54.9 Å². The van der Waals surface area contributed by atoms with Crippen LogP contribution in [0.3, 0.4) is 0 Å². The fourth-order valence-corrected chi connectivity index (χ4v) is 6.72. The molecule has 5 nitrogen and oxygen atoms in total. The number of benzene rings is 1. The number of nitrogens with zero attached hydrogens (tertiary/aromatic N) is 4. The standard InChI is InChI=1S/C25H24F3N5S/c26-25(27,28)12-19-10-20-22(29-15-30-23(20)34-19)33-13-24(14-33)7-5-17(11-24)9-16-1-3-18(4-2-16)21-6-8-31-32-21/h1-4,6,8,10,15,17H,5,7,9,11-14H2,(H,31,32). The second-order valence-electron chi connectivity index (χ2n) is 9.76. The highest BCUT2D eigenvalue weighted by atomic mass is 32.1. The van der Waals surface area contributed by atoms with Crippen LogP contribution in [0.1, 0.15) is 29.7 Å². The van der Waals surface area contributed by atoms with Gasteiger partial charge in [0.2, 0.25) is 0 Å². The SMILES string of the molecule is FC(F)(F)Cc1cc2c(N3CC4(CCC(Cc5ccc(-c6ccn[nH]6)cc5)C4)C3)ncnc2s1. The molecular weight excluding hydrogens is 459 g/mol. The predicted octanol–water partition coefficient (Wildman–Crippen LogP) is 6.04. The number of aromatic nitrogens is 4. The van der Waals surface area contributed by atoms with Crippen molar-refractivity contribution in [3.05, 3.63) is 59.4 Å². The van der Waals surface area contributed by atoms with Crippen LogP contribution < -0.4 is 4.90 Å². The zero-order chi connectivity index (χ0) is 23.3. The van der Waals surface area contributed by atoms with Gasteiger partial charge in [0.25, 0.3) is 0 Å². The third-order valence-corrected chi connectivity index (χ3v) is 8.22. The number of nitrogens with one attached hydrogen (secondary N) is 1. The number of rotatable bonds is 5. The molecule has 2 fully saturated rings. The fraction of sp³-hybridized carbons (Fsp3) is 0.400. The number of anilines is 1. The van der Waals surface area contributed by atoms with Gasteiger partial charge in [-0.1, -0.05) is 24.3 Å². The van der Waals surface area contributed by atoms with E-state index in [9.17, 15) is 13.2 Å². The topological polar surface area (TPSA) is 57.7 Å². The van der Waals surface area contributed by atoms with Gasteiger partial charge in [-0.25, -0.2) is 9.97 Å². The second kappa shape index (κ2) is 8.08. The molecule has 1 saturated carbocycles. The largest absolute Gasteiger partial charge is 0.393 e. The summed E-state index contributed by atoms with van der Waals surface area (Å²) in [7, 11) is 0. The molecule has 3 aromatic heterocycles. The lowest BCUT2D eigenvalue weighted by Crippen LogP contribution is -2.55. The molecule has 1 aliphatic carbocycles. The Kier molecular flexibility index (Phi) is 5.13. The van der Waals surface area contributed by atoms with Crippen molar-refractivity contribution in [2.45, 2.75) is 38.3 Å². The Bertz CT molecular complexity index is 1290. The van der Waals surface area contributed by atoms with E-state index in [-0.39, 0.29) is 0 Å². The summed E-state index contributed by atoms with van der Waals surface area (Å²) in [6, 6.07) is 12.3. The molecule has 0 radical (unpaired) electrons. The van der Waals surface area contributed by atoms with Crippen molar-refractivity contribution in [1.29, 1.82) is 0 Å². The van der Waals surface area contributed by atoms with E-state index in [0.29, 0.717) is 21.0 Å². The van der Waals surface area contributed by atoms with E-state index in [0.717, 1.165) is 53.3 Å². The Morgan fingerprint density at radius 2 is 1.94 bits per heavy atom. The molecule has 1 N–H and O–H groups in total. The zero-order valence-electron chi connectivity index (χ0n) is 18.5. The lowest BCUT2D eigenvalue weighted by atomic mass is 9.77. The van der Waals surface area contributed by atoms with Crippen LogP contribution in [-0.2, 0) is 12.8 Å². The fourth-order valence-electron chi connectivity index (χ4n) is 5.70. The van der Waals surface area contributed by atoms with Gasteiger partial charge in [-0.3, -0.25) is 5.10 Å². The summed E-state index contributed by atoms with van der Waals surface area (Å²) in [4.78, 5) is 11.8. The van der Waals surface area contributed by atoms with Crippen molar-refractivity contribution in [2.24, 2.45) is 11.3 Å². The number of fused-ring (bicyclic) bond motifs is 1. The minimum absolute atomic E-state index is 0.291. The minimum atomic E-state index is -4.21. The van der Waals surface area contributed by atoms with Gasteiger partial charge in [0.05, 0.1) is 17.5 Å². The minimum Gasteiger partial charge on any atom is -0.355 e. The van der Waals surface area contributed by atoms with Crippen LogP contribution in [-0.4, -0.2) is 39.4 Å². The zero-order valence-corrected chi connectivity index (χ0v) is 19.3. The molecule has 0 bridgehead atoms. The van der Waals surface area contributed by atoms with E-state index < -0.39 is 12.6 Å². The Hall–Kier alpha value is -2.94. The van der Waals surface area contributed by atoms with Gasteiger partial charge >= 0.3 is 6.18 Å². The smallest absolute Gasteiger partial charge is 0.355 e. The maximum Gasteiger partial charge on any atom is 0.393 e. The van der Waals surface area contributed by atoms with Gasteiger partial charge in [-0.2, -0.15) is 18.3 Å². The molecule has 1 unspecified atom stereocenters. The molecule has 6 rings (SSSR count). The molecule has 1 saturated heterocycles. The Labute approximate surface area is 199 Å². The summed E-state index contributed by atoms with van der Waals surface area (Å²) in [6.07, 6.45) is 2.77. The first kappa shape index (κ1) is 21.6. The van der Waals surface area contributed by atoms with Crippen LogP contribution >= 0.6 is 11.3 Å². The highest BCUT2D eigenvalue weighted by molar-refractivity contribution is 7.18. The third-order valence-electron chi connectivity index (χ3n) is 7.18. The Morgan fingerprint density at radius 3 is 2.68 bits per heavy atom. The van der Waals surface area contributed by atoms with E-state index in [1.54, 1.807) is 12.3 Å². The van der Waals surface area contributed by atoms with Gasteiger partial charge in [0, 0.05) is 29.6 Å². The van der Waals surface area contributed by atoms with E-state index in [1.165, 1.54) is 31.2 Å². The molecular formula is C25H24F3N5S. The molecule has 0 amide bonds. The Morgan fingerprint density at radius 1 is 1.12 bits per heavy atom. The first-order chi connectivity index (χ1) is 16.4. The summed E-state index contributed by atoms with van der Waals surface area (Å²) in [5.74, 6) is 1.43. The molecule has 1 aliphatic heterocycles. The van der Waals surface area contributed by atoms with E-state index in [4.69, 9.17) is 0 Å². The first-order valence-electron chi connectivity index (χ1n) is 11.5. The summed E-state index contributed by atoms with van der Waals surface area (Å²) >= 11 is 1.11. The molecule has 34 heavy (non-hydrogen) atoms. The third kappa shape index (κ3) is 4.17. The number of H-pyrrole nitrogens is 1. The number of halogens is 3. The summed E-state index contributed by atoms with van der Waals surface area (Å²) in [6.45, 7) is 1.83. The van der Waals surface area contributed by atoms with E-state index in [2.05, 4.69) is 49.3 Å². The van der Waals surface area contributed by atoms with Crippen molar-refractivity contribution in [3.63, 3.8) is 0 Å². The van der Waals surface area contributed by atoms with Crippen LogP contribution in [0.4, 0.5) is 19.0 Å². The maximum absolute atomic E-state index is 12.8. The highest BCUT2D eigenvalue weighted by Crippen LogP contribution is 2.51. The van der Waals surface area contributed by atoms with Crippen LogP contribution in [0.5, 0.6) is 0 Å². The molecule has 1 atom stereocenters. The molecule has 4 aromatic rings. The lowest BCUT2D eigenvalue weighted by Gasteiger charge is -2.49. The van der Waals surface area contributed by atoms with Crippen LogP contribution in [0.25, 0.3) is 21.5 Å². The van der Waals surface area contributed by atoms with E-state index in [1.807, 2.05) is 6.07 Å². The molecule has 9 heteroatoms. The van der Waals surface area contributed by atoms with Gasteiger partial charge in [0.1, 0.15) is 17.0 Å². The second-order valence-corrected chi connectivity index (χ2v) is 10.9. The van der Waals surface area contributed by atoms with Crippen molar-refractivity contribution in [1.82, 2.24) is 20.2 Å². The molecule has 1 spiro atoms. The number of thiophene rings is 1. The first-order valence-corrected chi connectivity index (χ1v) is 12.3. The molecule has 4 heterocycles. The summed E-state index contributed by atoms with van der Waals surface area (Å²) < 4.78 is 38.5. The normalized spacial score (nSPS) is 19.7. The molecule has 2 aliphatic rings. The summed E-state index contributed by atoms with van der Waals surface area (Å²) in [5.41, 5.74) is 3.81. The number of hydrogen-bond donors (Lipinski definition) is 1. The average molecular weight is 484 g/mol. The van der Waals surface area contributed by atoms with E-state index >= 15 is 0 Å². The number of hydrogen-bond acceptors (Lipinski definition) is 5. The number of alkyl halides is 3. The quantitative estimate of drug-likeness (QED) is 0.376. The molecule has 176 valence electrons. The highest BCUT2D eigenvalue weighted by Gasteiger charge is 2.48. The lowest BCUT2D eigenvalue weighted by molar-refractivity contribution is -0.126. The molecule has 1 aromatic carbocycles. The maximum atomic E-state index is 12.8.